The minimum Gasteiger partial charge on any atom is -0.325 e. The Morgan fingerprint density at radius 2 is 1.82 bits per heavy atom. The number of hydrogen-bond donors (Lipinski definition) is 1. The molecule has 0 saturated heterocycles. The van der Waals surface area contributed by atoms with Crippen molar-refractivity contribution in [1.29, 1.82) is 0 Å². The Bertz CT molecular complexity index is 1590. The molecular weight excluding hydrogens is 444 g/mol. The second kappa shape index (κ2) is 8.83. The van der Waals surface area contributed by atoms with E-state index in [0.29, 0.717) is 22.0 Å². The number of benzene rings is 2. The second-order valence-electron chi connectivity index (χ2n) is 8.57. The highest BCUT2D eigenvalue weighted by atomic mass is 32.1. The summed E-state index contributed by atoms with van der Waals surface area (Å²) >= 11 is 1.32. The minimum atomic E-state index is -0.266. The summed E-state index contributed by atoms with van der Waals surface area (Å²) in [5.41, 5.74) is 4.13. The van der Waals surface area contributed by atoms with Gasteiger partial charge in [-0.05, 0) is 42.7 Å². The Labute approximate surface area is 200 Å². The summed E-state index contributed by atoms with van der Waals surface area (Å²) in [7, 11) is 0. The summed E-state index contributed by atoms with van der Waals surface area (Å²) in [6, 6.07) is 21.6. The lowest BCUT2D eigenvalue weighted by Gasteiger charge is -2.12. The van der Waals surface area contributed by atoms with E-state index in [2.05, 4.69) is 24.1 Å². The topological polar surface area (TPSA) is 76.9 Å². The number of nitrogens with zero attached hydrogens (tertiary/aromatic N) is 3. The van der Waals surface area contributed by atoms with Crippen molar-refractivity contribution in [2.45, 2.75) is 33.2 Å². The Kier molecular flexibility index (Phi) is 5.71. The summed E-state index contributed by atoms with van der Waals surface area (Å²) in [6.07, 6.45) is 0. The highest BCUT2D eigenvalue weighted by Crippen LogP contribution is 2.31. The number of rotatable bonds is 5. The van der Waals surface area contributed by atoms with Gasteiger partial charge in [0.25, 0.3) is 5.56 Å². The van der Waals surface area contributed by atoms with E-state index >= 15 is 0 Å². The first-order valence-electron chi connectivity index (χ1n) is 11.2. The molecule has 5 rings (SSSR count). The van der Waals surface area contributed by atoms with Crippen LogP contribution >= 0.6 is 11.3 Å². The zero-order chi connectivity index (χ0) is 23.8. The largest absolute Gasteiger partial charge is 0.325 e. The molecule has 3 heterocycles. The van der Waals surface area contributed by atoms with Gasteiger partial charge in [-0.25, -0.2) is 9.97 Å². The number of carbonyl (C=O) groups excluding carboxylic acids is 1. The Balaban J connectivity index is 1.48. The Morgan fingerprint density at radius 3 is 2.59 bits per heavy atom. The zero-order valence-corrected chi connectivity index (χ0v) is 20.0. The molecule has 34 heavy (non-hydrogen) atoms. The van der Waals surface area contributed by atoms with Crippen LogP contribution < -0.4 is 10.9 Å². The van der Waals surface area contributed by atoms with E-state index in [9.17, 15) is 9.59 Å². The summed E-state index contributed by atoms with van der Waals surface area (Å²) in [5.74, 6) is 0.588. The SMILES string of the molecule is Cc1nc2c(sc3nc(-c4ccccc4)ccc32)c(=O)n1CC(=O)Nc1cccc(C(C)C)c1. The third-order valence-electron chi connectivity index (χ3n) is 5.84. The number of aryl methyl sites for hydroxylation is 1. The number of nitrogens with one attached hydrogen (secondary N) is 1. The van der Waals surface area contributed by atoms with Gasteiger partial charge in [-0.3, -0.25) is 14.2 Å². The van der Waals surface area contributed by atoms with Gasteiger partial charge in [0, 0.05) is 16.6 Å². The summed E-state index contributed by atoms with van der Waals surface area (Å²) in [6.45, 7) is 5.86. The van der Waals surface area contributed by atoms with Crippen molar-refractivity contribution >= 4 is 43.4 Å². The van der Waals surface area contributed by atoms with Crippen molar-refractivity contribution in [3.63, 3.8) is 0 Å². The number of pyridine rings is 1. The molecule has 1 amide bonds. The van der Waals surface area contributed by atoms with Gasteiger partial charge in [-0.15, -0.1) is 11.3 Å². The molecule has 5 aromatic rings. The molecule has 0 saturated carbocycles. The van der Waals surface area contributed by atoms with Crippen LogP contribution in [0, 0.1) is 6.92 Å². The number of anilines is 1. The van der Waals surface area contributed by atoms with E-state index in [4.69, 9.17) is 4.98 Å². The van der Waals surface area contributed by atoms with Crippen molar-refractivity contribution < 1.29 is 4.79 Å². The van der Waals surface area contributed by atoms with Crippen molar-refractivity contribution in [3.8, 4) is 11.3 Å². The van der Waals surface area contributed by atoms with Gasteiger partial charge in [0.1, 0.15) is 21.9 Å². The first-order valence-corrected chi connectivity index (χ1v) is 12.0. The molecule has 7 heteroatoms. The van der Waals surface area contributed by atoms with E-state index < -0.39 is 0 Å². The van der Waals surface area contributed by atoms with Gasteiger partial charge in [0.2, 0.25) is 5.91 Å². The molecule has 0 unspecified atom stereocenters. The maximum atomic E-state index is 13.3. The van der Waals surface area contributed by atoms with Crippen LogP contribution in [0.5, 0.6) is 0 Å². The van der Waals surface area contributed by atoms with Crippen LogP contribution in [-0.4, -0.2) is 20.4 Å². The molecule has 3 aromatic heterocycles. The highest BCUT2D eigenvalue weighted by Gasteiger charge is 2.17. The van der Waals surface area contributed by atoms with Crippen molar-refractivity contribution in [2.75, 3.05) is 5.32 Å². The van der Waals surface area contributed by atoms with Crippen LogP contribution in [0.3, 0.4) is 0 Å². The zero-order valence-electron chi connectivity index (χ0n) is 19.2. The third kappa shape index (κ3) is 4.10. The van der Waals surface area contributed by atoms with E-state index in [1.807, 2.05) is 66.7 Å². The average Bonchev–Trinajstić information content (AvgIpc) is 3.20. The Morgan fingerprint density at radius 1 is 1.03 bits per heavy atom. The maximum absolute atomic E-state index is 13.3. The summed E-state index contributed by atoms with van der Waals surface area (Å²) in [5, 5.41) is 3.75. The lowest BCUT2D eigenvalue weighted by atomic mass is 10.0. The summed E-state index contributed by atoms with van der Waals surface area (Å²) < 4.78 is 1.94. The standard InChI is InChI=1S/C27H24N4O2S/c1-16(2)19-10-7-11-20(14-19)29-23(32)15-31-17(3)28-24-21-12-13-22(18-8-5-4-6-9-18)30-26(21)34-25(24)27(31)33/h4-14,16H,15H2,1-3H3,(H,29,32). The van der Waals surface area contributed by atoms with Crippen molar-refractivity contribution in [1.82, 2.24) is 14.5 Å². The van der Waals surface area contributed by atoms with Gasteiger partial charge in [-0.2, -0.15) is 0 Å². The van der Waals surface area contributed by atoms with Crippen molar-refractivity contribution in [2.24, 2.45) is 0 Å². The number of fused-ring (bicyclic) bond motifs is 3. The average molecular weight is 469 g/mol. The molecule has 170 valence electrons. The lowest BCUT2D eigenvalue weighted by molar-refractivity contribution is -0.116. The maximum Gasteiger partial charge on any atom is 0.272 e. The first kappa shape index (κ1) is 22.0. The molecule has 0 aliphatic heterocycles. The smallest absolute Gasteiger partial charge is 0.272 e. The molecule has 1 N–H and O–H groups in total. The molecule has 0 aliphatic rings. The van der Waals surface area contributed by atoms with Crippen LogP contribution in [-0.2, 0) is 11.3 Å². The molecule has 0 spiro atoms. The first-order chi connectivity index (χ1) is 16.4. The van der Waals surface area contributed by atoms with E-state index in [1.54, 1.807) is 6.92 Å². The van der Waals surface area contributed by atoms with Crippen molar-refractivity contribution in [3.05, 3.63) is 88.5 Å². The number of carbonyl (C=O) groups is 1. The lowest BCUT2D eigenvalue weighted by Crippen LogP contribution is -2.29. The fourth-order valence-electron chi connectivity index (χ4n) is 3.99. The second-order valence-corrected chi connectivity index (χ2v) is 9.57. The molecule has 2 aromatic carbocycles. The van der Waals surface area contributed by atoms with Gasteiger partial charge >= 0.3 is 0 Å². The Hall–Kier alpha value is -3.84. The number of hydrogen-bond acceptors (Lipinski definition) is 5. The van der Waals surface area contributed by atoms with E-state index in [-0.39, 0.29) is 18.0 Å². The van der Waals surface area contributed by atoms with Gasteiger partial charge < -0.3 is 5.32 Å². The van der Waals surface area contributed by atoms with Crippen LogP contribution in [0.1, 0.15) is 31.2 Å². The fourth-order valence-corrected chi connectivity index (χ4v) is 5.05. The van der Waals surface area contributed by atoms with Crippen LogP contribution in [0.2, 0.25) is 0 Å². The molecule has 6 nitrogen and oxygen atoms in total. The number of thiophene rings is 1. The highest BCUT2D eigenvalue weighted by molar-refractivity contribution is 7.25. The fraction of sp³-hybridized carbons (Fsp3) is 0.185. The van der Waals surface area contributed by atoms with Crippen LogP contribution in [0.25, 0.3) is 31.7 Å². The predicted molar refractivity (Wildman–Crippen MR) is 139 cm³/mol. The number of aromatic nitrogens is 3. The molecular formula is C27H24N4O2S. The molecule has 0 bridgehead atoms. The molecule has 0 atom stereocenters. The molecule has 0 aliphatic carbocycles. The third-order valence-corrected chi connectivity index (χ3v) is 6.92. The normalized spacial score (nSPS) is 11.4. The number of amides is 1. The quantitative estimate of drug-likeness (QED) is 0.357. The van der Waals surface area contributed by atoms with E-state index in [1.165, 1.54) is 15.9 Å². The summed E-state index contributed by atoms with van der Waals surface area (Å²) in [4.78, 5) is 36.3. The minimum absolute atomic E-state index is 0.101. The van der Waals surface area contributed by atoms with Crippen LogP contribution in [0.15, 0.2) is 71.5 Å². The van der Waals surface area contributed by atoms with Crippen LogP contribution in [0.4, 0.5) is 5.69 Å². The monoisotopic (exact) mass is 468 g/mol. The van der Waals surface area contributed by atoms with Gasteiger partial charge in [-0.1, -0.05) is 56.3 Å². The molecule has 0 radical (unpaired) electrons. The van der Waals surface area contributed by atoms with Gasteiger partial charge in [0.15, 0.2) is 0 Å². The molecule has 0 fully saturated rings. The predicted octanol–water partition coefficient (Wildman–Crippen LogP) is 5.74. The van der Waals surface area contributed by atoms with Gasteiger partial charge in [0.05, 0.1) is 11.2 Å². The van der Waals surface area contributed by atoms with E-state index in [0.717, 1.165) is 32.7 Å².